The van der Waals surface area contributed by atoms with Gasteiger partial charge in [0.05, 0.1) is 6.61 Å². The molecular weight excluding hydrogens is 162 g/mol. The fourth-order valence-corrected chi connectivity index (χ4v) is 1.90. The summed E-state index contributed by atoms with van der Waals surface area (Å²) in [6.45, 7) is 4.91. The molecule has 0 saturated heterocycles. The fourth-order valence-electron chi connectivity index (χ4n) is 1.90. The lowest BCUT2D eigenvalue weighted by molar-refractivity contribution is 0.267. The van der Waals surface area contributed by atoms with E-state index in [0.717, 1.165) is 18.8 Å². The van der Waals surface area contributed by atoms with Gasteiger partial charge in [0.2, 0.25) is 0 Å². The van der Waals surface area contributed by atoms with Gasteiger partial charge in [-0.1, -0.05) is 17.7 Å². The third-order valence-electron chi connectivity index (χ3n) is 2.52. The molecule has 0 aromatic heterocycles. The Bertz CT molecular complexity index is 333. The SMILES string of the molecule is Cc1cc(C)c2c(c1)[C@H](N)CCO2. The van der Waals surface area contributed by atoms with E-state index in [1.165, 1.54) is 16.7 Å². The number of hydrogen-bond acceptors (Lipinski definition) is 2. The monoisotopic (exact) mass is 177 g/mol. The molecule has 0 spiro atoms. The highest BCUT2D eigenvalue weighted by Gasteiger charge is 2.19. The van der Waals surface area contributed by atoms with Gasteiger partial charge in [0.1, 0.15) is 5.75 Å². The predicted octanol–water partition coefficient (Wildman–Crippen LogP) is 2.09. The lowest BCUT2D eigenvalue weighted by Gasteiger charge is -2.24. The van der Waals surface area contributed by atoms with Gasteiger partial charge in [-0.15, -0.1) is 0 Å². The molecule has 0 amide bonds. The minimum absolute atomic E-state index is 0.155. The maximum Gasteiger partial charge on any atom is 0.126 e. The van der Waals surface area contributed by atoms with Crippen LogP contribution in [-0.4, -0.2) is 6.61 Å². The average molecular weight is 177 g/mol. The molecule has 0 saturated carbocycles. The number of fused-ring (bicyclic) bond motifs is 1. The minimum Gasteiger partial charge on any atom is -0.493 e. The van der Waals surface area contributed by atoms with E-state index in [-0.39, 0.29) is 6.04 Å². The number of ether oxygens (including phenoxy) is 1. The van der Waals surface area contributed by atoms with E-state index >= 15 is 0 Å². The molecule has 0 fully saturated rings. The van der Waals surface area contributed by atoms with Crippen LogP contribution in [0, 0.1) is 13.8 Å². The first-order valence-corrected chi connectivity index (χ1v) is 4.68. The van der Waals surface area contributed by atoms with Crippen LogP contribution in [0.25, 0.3) is 0 Å². The smallest absolute Gasteiger partial charge is 0.126 e. The molecule has 1 aromatic carbocycles. The molecule has 70 valence electrons. The van der Waals surface area contributed by atoms with Crippen LogP contribution in [0.1, 0.15) is 29.2 Å². The number of hydrogen-bond donors (Lipinski definition) is 1. The lowest BCUT2D eigenvalue weighted by Crippen LogP contribution is -2.21. The first-order chi connectivity index (χ1) is 6.18. The van der Waals surface area contributed by atoms with Crippen LogP contribution in [0.15, 0.2) is 12.1 Å². The topological polar surface area (TPSA) is 35.2 Å². The highest BCUT2D eigenvalue weighted by molar-refractivity contribution is 5.46. The summed E-state index contributed by atoms with van der Waals surface area (Å²) >= 11 is 0. The molecule has 2 rings (SSSR count). The zero-order valence-corrected chi connectivity index (χ0v) is 8.13. The highest BCUT2D eigenvalue weighted by Crippen LogP contribution is 2.34. The summed E-state index contributed by atoms with van der Waals surface area (Å²) in [6, 6.07) is 4.42. The molecule has 1 heterocycles. The van der Waals surface area contributed by atoms with Crippen molar-refractivity contribution in [2.45, 2.75) is 26.3 Å². The van der Waals surface area contributed by atoms with Gasteiger partial charge in [-0.3, -0.25) is 0 Å². The van der Waals surface area contributed by atoms with Crippen molar-refractivity contribution in [2.75, 3.05) is 6.61 Å². The lowest BCUT2D eigenvalue weighted by atomic mass is 9.96. The minimum atomic E-state index is 0.155. The Morgan fingerprint density at radius 1 is 1.38 bits per heavy atom. The fraction of sp³-hybridized carbons (Fsp3) is 0.455. The number of benzene rings is 1. The Kier molecular flexibility index (Phi) is 2.00. The molecule has 2 N–H and O–H groups in total. The van der Waals surface area contributed by atoms with E-state index < -0.39 is 0 Å². The molecule has 2 nitrogen and oxygen atoms in total. The number of aryl methyl sites for hydroxylation is 2. The van der Waals surface area contributed by atoms with Crippen LogP contribution >= 0.6 is 0 Å². The zero-order chi connectivity index (χ0) is 9.42. The summed E-state index contributed by atoms with van der Waals surface area (Å²) in [4.78, 5) is 0. The van der Waals surface area contributed by atoms with Crippen molar-refractivity contribution in [1.29, 1.82) is 0 Å². The number of nitrogens with two attached hydrogens (primary N) is 1. The van der Waals surface area contributed by atoms with E-state index in [1.807, 2.05) is 0 Å². The van der Waals surface area contributed by atoms with Crippen molar-refractivity contribution >= 4 is 0 Å². The molecule has 0 unspecified atom stereocenters. The summed E-state index contributed by atoms with van der Waals surface area (Å²) in [5.74, 6) is 1.00. The Morgan fingerprint density at radius 3 is 2.92 bits per heavy atom. The number of rotatable bonds is 0. The molecule has 0 radical (unpaired) electrons. The van der Waals surface area contributed by atoms with E-state index in [1.54, 1.807) is 0 Å². The molecule has 0 aliphatic carbocycles. The van der Waals surface area contributed by atoms with Crippen molar-refractivity contribution in [2.24, 2.45) is 5.73 Å². The molecule has 1 aliphatic heterocycles. The van der Waals surface area contributed by atoms with Crippen LogP contribution in [0.5, 0.6) is 5.75 Å². The van der Waals surface area contributed by atoms with Crippen molar-refractivity contribution in [3.05, 3.63) is 28.8 Å². The van der Waals surface area contributed by atoms with Gasteiger partial charge in [0.15, 0.2) is 0 Å². The molecule has 0 bridgehead atoms. The van der Waals surface area contributed by atoms with Crippen LogP contribution in [0.4, 0.5) is 0 Å². The van der Waals surface area contributed by atoms with Crippen LogP contribution in [0.2, 0.25) is 0 Å². The maximum absolute atomic E-state index is 6.00. The van der Waals surface area contributed by atoms with Gasteiger partial charge in [-0.05, 0) is 19.4 Å². The zero-order valence-electron chi connectivity index (χ0n) is 8.13. The average Bonchev–Trinajstić information content (AvgIpc) is 2.07. The van der Waals surface area contributed by atoms with Crippen molar-refractivity contribution in [1.82, 2.24) is 0 Å². The normalized spacial score (nSPS) is 20.7. The van der Waals surface area contributed by atoms with Gasteiger partial charge >= 0.3 is 0 Å². The van der Waals surface area contributed by atoms with Crippen molar-refractivity contribution in [3.63, 3.8) is 0 Å². The largest absolute Gasteiger partial charge is 0.493 e. The van der Waals surface area contributed by atoms with Crippen molar-refractivity contribution in [3.8, 4) is 5.75 Å². The maximum atomic E-state index is 6.00. The highest BCUT2D eigenvalue weighted by atomic mass is 16.5. The van der Waals surface area contributed by atoms with Crippen LogP contribution < -0.4 is 10.5 Å². The second-order valence-corrected chi connectivity index (χ2v) is 3.74. The van der Waals surface area contributed by atoms with Gasteiger partial charge in [0.25, 0.3) is 0 Å². The first kappa shape index (κ1) is 8.57. The van der Waals surface area contributed by atoms with Crippen molar-refractivity contribution < 1.29 is 4.74 Å². The second kappa shape index (κ2) is 3.04. The Balaban J connectivity index is 2.56. The van der Waals surface area contributed by atoms with Crippen LogP contribution in [-0.2, 0) is 0 Å². The van der Waals surface area contributed by atoms with Gasteiger partial charge < -0.3 is 10.5 Å². The molecular formula is C11H15NO. The Hall–Kier alpha value is -1.02. The summed E-state index contributed by atoms with van der Waals surface area (Å²) in [7, 11) is 0. The van der Waals surface area contributed by atoms with Gasteiger partial charge in [-0.2, -0.15) is 0 Å². The molecule has 13 heavy (non-hydrogen) atoms. The third-order valence-corrected chi connectivity index (χ3v) is 2.52. The molecule has 2 heteroatoms. The van der Waals surface area contributed by atoms with E-state index in [2.05, 4.69) is 26.0 Å². The molecule has 1 atom stereocenters. The first-order valence-electron chi connectivity index (χ1n) is 4.68. The standard InChI is InChI=1S/C11H15NO/c1-7-5-8(2)11-9(6-7)10(12)3-4-13-11/h5-6,10H,3-4,12H2,1-2H3/t10-/m1/s1. The summed E-state index contributed by atoms with van der Waals surface area (Å²) in [6.07, 6.45) is 0.926. The van der Waals surface area contributed by atoms with Crippen LogP contribution in [0.3, 0.4) is 0 Å². The molecule has 1 aromatic rings. The second-order valence-electron chi connectivity index (χ2n) is 3.74. The summed E-state index contributed by atoms with van der Waals surface area (Å²) in [5, 5.41) is 0. The summed E-state index contributed by atoms with van der Waals surface area (Å²) in [5.41, 5.74) is 9.63. The Labute approximate surface area is 78.7 Å². The van der Waals surface area contributed by atoms with Gasteiger partial charge in [-0.25, -0.2) is 0 Å². The quantitative estimate of drug-likeness (QED) is 0.658. The van der Waals surface area contributed by atoms with Gasteiger partial charge in [0, 0.05) is 18.0 Å². The van der Waals surface area contributed by atoms with E-state index in [4.69, 9.17) is 10.5 Å². The van der Waals surface area contributed by atoms with E-state index in [0.29, 0.717) is 0 Å². The Morgan fingerprint density at radius 2 is 2.15 bits per heavy atom. The third kappa shape index (κ3) is 1.42. The predicted molar refractivity (Wildman–Crippen MR) is 53.0 cm³/mol. The molecule has 1 aliphatic rings. The summed E-state index contributed by atoms with van der Waals surface area (Å²) < 4.78 is 5.60. The van der Waals surface area contributed by atoms with E-state index in [9.17, 15) is 0 Å².